The van der Waals surface area contributed by atoms with Gasteiger partial charge in [-0.3, -0.25) is 0 Å². The highest BCUT2D eigenvalue weighted by Gasteiger charge is 2.18. The van der Waals surface area contributed by atoms with Crippen molar-refractivity contribution in [3.8, 4) is 0 Å². The van der Waals surface area contributed by atoms with Crippen molar-refractivity contribution in [1.29, 1.82) is 0 Å². The van der Waals surface area contributed by atoms with E-state index in [1.807, 2.05) is 55.5 Å². The minimum atomic E-state index is -4.47. The number of aryl methyl sites for hydroxylation is 1. The molecule has 5 aromatic carbocycles. The first-order chi connectivity index (χ1) is 18.8. The third-order valence-electron chi connectivity index (χ3n) is 6.61. The fourth-order valence-corrected chi connectivity index (χ4v) is 5.00. The van der Waals surface area contributed by atoms with Gasteiger partial charge >= 0.3 is 0 Å². The highest BCUT2D eigenvalue weighted by atomic mass is 32.2. The van der Waals surface area contributed by atoms with Gasteiger partial charge in [0.25, 0.3) is 0 Å². The van der Waals surface area contributed by atoms with E-state index in [0.717, 1.165) is 45.0 Å². The van der Waals surface area contributed by atoms with Gasteiger partial charge in [-0.1, -0.05) is 54.6 Å². The lowest BCUT2D eigenvalue weighted by Gasteiger charge is -2.21. The second-order valence-electron chi connectivity index (χ2n) is 9.39. The normalized spacial score (nSPS) is 12.1. The van der Waals surface area contributed by atoms with Crippen LogP contribution in [0.1, 0.15) is 28.2 Å². The summed E-state index contributed by atoms with van der Waals surface area (Å²) < 4.78 is 33.6. The maximum absolute atomic E-state index is 11.2. The van der Waals surface area contributed by atoms with Gasteiger partial charge in [0.15, 0.2) is 0 Å². The van der Waals surface area contributed by atoms with Gasteiger partial charge in [0.2, 0.25) is 0 Å². The fraction of sp³-hybridized carbons (Fsp3) is 0.0625. The topological polar surface area (TPSA) is 107 Å². The molecule has 0 amide bonds. The van der Waals surface area contributed by atoms with Crippen LogP contribution < -0.4 is 16.4 Å². The predicted octanol–water partition coefficient (Wildman–Crippen LogP) is 7.15. The summed E-state index contributed by atoms with van der Waals surface area (Å²) in [6, 6.07) is 38.5. The molecule has 6 nitrogen and oxygen atoms in total. The summed E-state index contributed by atoms with van der Waals surface area (Å²) in [5.74, 6) is -0.00864. The molecule has 1 atom stereocenters. The molecular weight excluding hydrogens is 506 g/mol. The van der Waals surface area contributed by atoms with Crippen LogP contribution in [0, 0.1) is 6.92 Å². The van der Waals surface area contributed by atoms with E-state index in [1.165, 1.54) is 12.1 Å². The van der Waals surface area contributed by atoms with Crippen molar-refractivity contribution >= 4 is 38.6 Å². The van der Waals surface area contributed by atoms with Gasteiger partial charge < -0.3 is 20.9 Å². The van der Waals surface area contributed by atoms with Gasteiger partial charge in [0, 0.05) is 34.4 Å². The van der Waals surface area contributed by atoms with Crippen LogP contribution in [-0.4, -0.2) is 13.0 Å². The molecule has 0 bridgehead atoms. The summed E-state index contributed by atoms with van der Waals surface area (Å²) in [6.45, 7) is 2.01. The molecule has 39 heavy (non-hydrogen) atoms. The number of hydrogen-bond donors (Lipinski definition) is 3. The average Bonchev–Trinajstić information content (AvgIpc) is 2.93. The standard InChI is InChI=1S/C32H29N3O3S/c1-22-21-25(11-20-31(22)33)32(23-7-12-27(13-8-23)34-26-5-3-2-4-6-26)24-9-14-28(15-10-24)35-29-16-18-30(19-17-29)39(36,37)38/h2-21,32,34-35H,33H2,1H3,(H,36,37,38)/p-1. The average molecular weight is 535 g/mol. The van der Waals surface area contributed by atoms with Gasteiger partial charge in [-0.2, -0.15) is 0 Å². The van der Waals surface area contributed by atoms with Crippen LogP contribution in [0.4, 0.5) is 28.4 Å². The van der Waals surface area contributed by atoms with Crippen LogP contribution >= 0.6 is 0 Å². The molecule has 0 aliphatic rings. The van der Waals surface area contributed by atoms with Crippen molar-refractivity contribution in [3.05, 3.63) is 144 Å². The number of nitrogens with two attached hydrogens (primary N) is 1. The lowest BCUT2D eigenvalue weighted by atomic mass is 9.84. The van der Waals surface area contributed by atoms with Crippen molar-refractivity contribution in [3.63, 3.8) is 0 Å². The Morgan fingerprint density at radius 1 is 0.615 bits per heavy atom. The third-order valence-corrected chi connectivity index (χ3v) is 7.46. The molecule has 196 valence electrons. The lowest BCUT2D eigenvalue weighted by molar-refractivity contribution is 0.463. The second-order valence-corrected chi connectivity index (χ2v) is 10.8. The monoisotopic (exact) mass is 534 g/mol. The van der Waals surface area contributed by atoms with Gasteiger partial charge in [-0.15, -0.1) is 0 Å². The zero-order valence-corrected chi connectivity index (χ0v) is 22.2. The molecule has 0 saturated heterocycles. The van der Waals surface area contributed by atoms with Crippen LogP contribution in [0.2, 0.25) is 0 Å². The SMILES string of the molecule is Cc1cc(C(c2ccc(Nc3ccccc3)cc2)c2ccc(Nc3ccc(S(=O)(=O)[O-])cc3)cc2)ccc1N. The Bertz CT molecular complexity index is 1670. The third kappa shape index (κ3) is 6.29. The molecular formula is C32H28N3O3S-. The zero-order valence-electron chi connectivity index (χ0n) is 21.3. The Kier molecular flexibility index (Phi) is 7.36. The van der Waals surface area contributed by atoms with E-state index in [9.17, 15) is 13.0 Å². The smallest absolute Gasteiger partial charge is 0.124 e. The molecule has 0 aromatic heterocycles. The Hall–Kier alpha value is -4.59. The zero-order chi connectivity index (χ0) is 27.4. The number of nitrogens with one attached hydrogen (secondary N) is 2. The van der Waals surface area contributed by atoms with Gasteiger partial charge in [0.05, 0.1) is 4.90 Å². The summed E-state index contributed by atoms with van der Waals surface area (Å²) in [5.41, 5.74) is 14.9. The number of rotatable bonds is 8. The fourth-order valence-electron chi connectivity index (χ4n) is 4.53. The molecule has 0 heterocycles. The van der Waals surface area contributed by atoms with E-state index in [2.05, 4.69) is 59.2 Å². The predicted molar refractivity (Wildman–Crippen MR) is 157 cm³/mol. The van der Waals surface area contributed by atoms with Crippen molar-refractivity contribution in [2.45, 2.75) is 17.7 Å². The Labute approximate surface area is 228 Å². The Balaban J connectivity index is 1.42. The van der Waals surface area contributed by atoms with Crippen molar-refractivity contribution in [2.75, 3.05) is 16.4 Å². The summed E-state index contributed by atoms with van der Waals surface area (Å²) in [7, 11) is -4.47. The summed E-state index contributed by atoms with van der Waals surface area (Å²) >= 11 is 0. The molecule has 0 saturated carbocycles. The molecule has 4 N–H and O–H groups in total. The van der Waals surface area contributed by atoms with E-state index in [-0.39, 0.29) is 10.8 Å². The molecule has 0 fully saturated rings. The van der Waals surface area contributed by atoms with E-state index in [1.54, 1.807) is 12.1 Å². The lowest BCUT2D eigenvalue weighted by Crippen LogP contribution is -2.05. The van der Waals surface area contributed by atoms with Crippen LogP contribution in [0.25, 0.3) is 0 Å². The summed E-state index contributed by atoms with van der Waals surface area (Å²) in [6.07, 6.45) is 0. The largest absolute Gasteiger partial charge is 0.744 e. The minimum Gasteiger partial charge on any atom is -0.744 e. The first kappa shape index (κ1) is 26.0. The first-order valence-electron chi connectivity index (χ1n) is 12.5. The van der Waals surface area contributed by atoms with E-state index in [0.29, 0.717) is 5.69 Å². The summed E-state index contributed by atoms with van der Waals surface area (Å²) in [4.78, 5) is -0.255. The molecule has 0 aliphatic carbocycles. The second kappa shape index (κ2) is 11.0. The highest BCUT2D eigenvalue weighted by Crippen LogP contribution is 2.35. The van der Waals surface area contributed by atoms with Crippen LogP contribution in [-0.2, 0) is 10.1 Å². The van der Waals surface area contributed by atoms with Crippen molar-refractivity contribution in [2.24, 2.45) is 0 Å². The number of anilines is 5. The number of nitrogen functional groups attached to an aromatic ring is 1. The molecule has 1 unspecified atom stereocenters. The molecule has 5 rings (SSSR count). The molecule has 0 aliphatic heterocycles. The maximum atomic E-state index is 11.2. The van der Waals surface area contributed by atoms with Crippen LogP contribution in [0.3, 0.4) is 0 Å². The Morgan fingerprint density at radius 2 is 1.05 bits per heavy atom. The van der Waals surface area contributed by atoms with E-state index in [4.69, 9.17) is 5.73 Å². The molecule has 0 spiro atoms. The molecule has 5 aromatic rings. The number of para-hydroxylation sites is 1. The van der Waals surface area contributed by atoms with Crippen LogP contribution in [0.15, 0.2) is 126 Å². The first-order valence-corrected chi connectivity index (χ1v) is 13.9. The quantitative estimate of drug-likeness (QED) is 0.111. The van der Waals surface area contributed by atoms with Crippen molar-refractivity contribution < 1.29 is 13.0 Å². The van der Waals surface area contributed by atoms with Gasteiger partial charge in [-0.25, -0.2) is 8.42 Å². The van der Waals surface area contributed by atoms with Crippen molar-refractivity contribution in [1.82, 2.24) is 0 Å². The maximum Gasteiger partial charge on any atom is 0.124 e. The van der Waals surface area contributed by atoms with Crippen LogP contribution in [0.5, 0.6) is 0 Å². The van der Waals surface area contributed by atoms with E-state index < -0.39 is 10.1 Å². The Morgan fingerprint density at radius 3 is 1.51 bits per heavy atom. The number of benzene rings is 5. The highest BCUT2D eigenvalue weighted by molar-refractivity contribution is 7.85. The van der Waals surface area contributed by atoms with Gasteiger partial charge in [-0.05, 0) is 95.9 Å². The number of hydrogen-bond acceptors (Lipinski definition) is 6. The molecule has 0 radical (unpaired) electrons. The summed E-state index contributed by atoms with van der Waals surface area (Å²) in [5, 5.41) is 6.69. The van der Waals surface area contributed by atoms with Gasteiger partial charge in [0.1, 0.15) is 10.1 Å². The minimum absolute atomic E-state index is 0.00864. The van der Waals surface area contributed by atoms with E-state index >= 15 is 0 Å². The molecule has 7 heteroatoms.